The molecule has 0 aliphatic heterocycles. The van der Waals surface area contributed by atoms with E-state index in [-0.39, 0.29) is 17.8 Å². The minimum Gasteiger partial charge on any atom is -0.368 e. The number of nitrogens with one attached hydrogen (secondary N) is 1. The molecule has 0 bridgehead atoms. The van der Waals surface area contributed by atoms with Crippen LogP contribution in [0.1, 0.15) is 9.67 Å². The lowest BCUT2D eigenvalue weighted by molar-refractivity contribution is 0.102. The average Bonchev–Trinajstić information content (AvgIpc) is 3.25. The highest BCUT2D eigenvalue weighted by Gasteiger charge is 2.15. The van der Waals surface area contributed by atoms with Gasteiger partial charge in [0, 0.05) is 0 Å². The number of anilines is 2. The molecule has 0 saturated heterocycles. The number of amides is 1. The topological polar surface area (TPSA) is 98.7 Å². The van der Waals surface area contributed by atoms with Crippen LogP contribution in [0.15, 0.2) is 41.8 Å². The molecule has 0 unspecified atom stereocenters. The number of carbonyl (C=O) groups excluding carboxylic acids is 1. The molecule has 9 heteroatoms. The number of nitrogens with zero attached hydrogens (tertiary/aromatic N) is 4. The summed E-state index contributed by atoms with van der Waals surface area (Å²) in [6.45, 7) is 0. The summed E-state index contributed by atoms with van der Waals surface area (Å²) < 4.78 is 2.45. The maximum Gasteiger partial charge on any atom is 0.268 e. The van der Waals surface area contributed by atoms with Gasteiger partial charge in [-0.1, -0.05) is 29.5 Å². The van der Waals surface area contributed by atoms with E-state index in [0.29, 0.717) is 10.0 Å². The Morgan fingerprint density at radius 3 is 2.83 bits per heavy atom. The van der Waals surface area contributed by atoms with Gasteiger partial charge < -0.3 is 5.73 Å². The van der Waals surface area contributed by atoms with Gasteiger partial charge in [-0.25, -0.2) is 4.98 Å². The highest BCUT2D eigenvalue weighted by atomic mass is 32.1. The third kappa shape index (κ3) is 2.56. The molecule has 0 spiro atoms. The lowest BCUT2D eigenvalue weighted by Gasteiger charge is -1.96. The summed E-state index contributed by atoms with van der Waals surface area (Å²) in [5, 5.41) is 9.29. The maximum atomic E-state index is 12.0. The van der Waals surface area contributed by atoms with Crippen molar-refractivity contribution in [1.29, 1.82) is 0 Å². The van der Waals surface area contributed by atoms with Gasteiger partial charge in [-0.05, 0) is 23.6 Å². The zero-order valence-electron chi connectivity index (χ0n) is 11.6. The highest BCUT2D eigenvalue weighted by molar-refractivity contribution is 7.20. The van der Waals surface area contributed by atoms with Gasteiger partial charge in [-0.2, -0.15) is 9.67 Å². The molecule has 23 heavy (non-hydrogen) atoms. The van der Waals surface area contributed by atoms with E-state index < -0.39 is 0 Å². The van der Waals surface area contributed by atoms with Crippen LogP contribution in [-0.4, -0.2) is 25.7 Å². The molecule has 0 atom stereocenters. The number of thiazole rings is 1. The van der Waals surface area contributed by atoms with Crippen molar-refractivity contribution in [3.8, 4) is 5.13 Å². The Bertz CT molecular complexity index is 955. The van der Waals surface area contributed by atoms with E-state index in [9.17, 15) is 4.79 Å². The molecule has 114 valence electrons. The van der Waals surface area contributed by atoms with Gasteiger partial charge >= 0.3 is 0 Å². The van der Waals surface area contributed by atoms with Crippen LogP contribution in [0, 0.1) is 0 Å². The number of hydrogen-bond donors (Lipinski definition) is 2. The van der Waals surface area contributed by atoms with Crippen molar-refractivity contribution in [2.75, 3.05) is 11.1 Å². The minimum absolute atomic E-state index is 0.153. The standard InChI is InChI=1S/C14H10N6OS2/c15-12-18-13(17-11(21)10-6-3-7-22-10)19-20(12)14-16-8-4-1-2-5-9(8)23-14/h1-7H,(H3,15,17,18,19,21). The number of nitrogens with two attached hydrogens (primary N) is 1. The molecule has 4 rings (SSSR count). The van der Waals surface area contributed by atoms with Gasteiger partial charge in [0.25, 0.3) is 11.9 Å². The summed E-state index contributed by atoms with van der Waals surface area (Å²) >= 11 is 2.80. The SMILES string of the molecule is Nc1nc(NC(=O)c2cccs2)nn1-c1nc2ccccc2s1. The molecule has 3 aromatic heterocycles. The second kappa shape index (κ2) is 5.45. The fourth-order valence-electron chi connectivity index (χ4n) is 2.04. The minimum atomic E-state index is -0.263. The van der Waals surface area contributed by atoms with Gasteiger partial charge in [0.2, 0.25) is 11.1 Å². The zero-order valence-corrected chi connectivity index (χ0v) is 13.3. The number of hydrogen-bond acceptors (Lipinski definition) is 7. The summed E-state index contributed by atoms with van der Waals surface area (Å²) in [6, 6.07) is 11.3. The number of carbonyl (C=O) groups is 1. The van der Waals surface area contributed by atoms with E-state index >= 15 is 0 Å². The first-order valence-electron chi connectivity index (χ1n) is 6.64. The Morgan fingerprint density at radius 2 is 2.04 bits per heavy atom. The lowest BCUT2D eigenvalue weighted by atomic mass is 10.3. The van der Waals surface area contributed by atoms with Crippen LogP contribution in [0.3, 0.4) is 0 Å². The van der Waals surface area contributed by atoms with E-state index in [1.54, 1.807) is 12.1 Å². The number of para-hydroxylation sites is 1. The average molecular weight is 342 g/mol. The second-order valence-electron chi connectivity index (χ2n) is 4.60. The Morgan fingerprint density at radius 1 is 1.17 bits per heavy atom. The first-order valence-corrected chi connectivity index (χ1v) is 8.33. The quantitative estimate of drug-likeness (QED) is 0.596. The van der Waals surface area contributed by atoms with Crippen molar-refractivity contribution >= 4 is 50.7 Å². The number of aromatic nitrogens is 4. The molecular weight excluding hydrogens is 332 g/mol. The second-order valence-corrected chi connectivity index (χ2v) is 6.56. The largest absolute Gasteiger partial charge is 0.368 e. The van der Waals surface area contributed by atoms with Crippen molar-refractivity contribution in [3.05, 3.63) is 46.7 Å². The van der Waals surface area contributed by atoms with E-state index in [1.807, 2.05) is 29.6 Å². The van der Waals surface area contributed by atoms with Gasteiger partial charge in [-0.15, -0.1) is 16.4 Å². The van der Waals surface area contributed by atoms with Crippen molar-refractivity contribution in [2.24, 2.45) is 0 Å². The van der Waals surface area contributed by atoms with Crippen LogP contribution < -0.4 is 11.1 Å². The molecule has 7 nitrogen and oxygen atoms in total. The third-order valence-corrected chi connectivity index (χ3v) is 4.95. The molecule has 0 fully saturated rings. The van der Waals surface area contributed by atoms with E-state index in [0.717, 1.165) is 10.2 Å². The van der Waals surface area contributed by atoms with Crippen LogP contribution in [0.4, 0.5) is 11.9 Å². The molecule has 1 amide bonds. The Balaban J connectivity index is 1.65. The van der Waals surface area contributed by atoms with Crippen LogP contribution in [0.5, 0.6) is 0 Å². The monoisotopic (exact) mass is 342 g/mol. The summed E-state index contributed by atoms with van der Waals surface area (Å²) in [7, 11) is 0. The summed E-state index contributed by atoms with van der Waals surface area (Å²) in [4.78, 5) is 21.2. The number of rotatable bonds is 3. The predicted octanol–water partition coefficient (Wildman–Crippen LogP) is 2.77. The van der Waals surface area contributed by atoms with Gasteiger partial charge in [-0.3, -0.25) is 10.1 Å². The molecule has 1 aromatic carbocycles. The Hall–Kier alpha value is -2.78. The fourth-order valence-corrected chi connectivity index (χ4v) is 3.58. The first kappa shape index (κ1) is 13.9. The summed E-state index contributed by atoms with van der Waals surface area (Å²) in [6.07, 6.45) is 0. The van der Waals surface area contributed by atoms with Crippen molar-refractivity contribution in [3.63, 3.8) is 0 Å². The van der Waals surface area contributed by atoms with E-state index in [4.69, 9.17) is 5.73 Å². The van der Waals surface area contributed by atoms with E-state index in [1.165, 1.54) is 27.4 Å². The predicted molar refractivity (Wildman–Crippen MR) is 91.2 cm³/mol. The lowest BCUT2D eigenvalue weighted by Crippen LogP contribution is -2.11. The third-order valence-electron chi connectivity index (χ3n) is 3.07. The van der Waals surface area contributed by atoms with Gasteiger partial charge in [0.15, 0.2) is 0 Å². The molecule has 0 saturated carbocycles. The molecule has 0 aliphatic rings. The molecule has 0 radical (unpaired) electrons. The zero-order chi connectivity index (χ0) is 15.8. The number of benzene rings is 1. The molecule has 0 aliphatic carbocycles. The van der Waals surface area contributed by atoms with Crippen molar-refractivity contribution in [2.45, 2.75) is 0 Å². The smallest absolute Gasteiger partial charge is 0.268 e. The Labute approximate surface area is 138 Å². The summed E-state index contributed by atoms with van der Waals surface area (Å²) in [5.74, 6) is 0.0622. The molecule has 3 N–H and O–H groups in total. The normalized spacial score (nSPS) is 11.0. The molecule has 4 aromatic rings. The highest BCUT2D eigenvalue weighted by Crippen LogP contribution is 2.25. The number of nitrogen functional groups attached to an aromatic ring is 1. The van der Waals surface area contributed by atoms with Crippen LogP contribution in [-0.2, 0) is 0 Å². The van der Waals surface area contributed by atoms with Crippen LogP contribution in [0.2, 0.25) is 0 Å². The molecular formula is C14H10N6OS2. The fraction of sp³-hybridized carbons (Fsp3) is 0. The van der Waals surface area contributed by atoms with Crippen LogP contribution >= 0.6 is 22.7 Å². The summed E-state index contributed by atoms with van der Waals surface area (Å²) in [5.41, 5.74) is 6.76. The first-order chi connectivity index (χ1) is 11.2. The van der Waals surface area contributed by atoms with Crippen molar-refractivity contribution < 1.29 is 4.79 Å². The van der Waals surface area contributed by atoms with Gasteiger partial charge in [0.05, 0.1) is 15.1 Å². The Kier molecular flexibility index (Phi) is 3.28. The molecule has 3 heterocycles. The number of fused-ring (bicyclic) bond motifs is 1. The van der Waals surface area contributed by atoms with E-state index in [2.05, 4.69) is 20.4 Å². The number of thiophene rings is 1. The van der Waals surface area contributed by atoms with Gasteiger partial charge in [0.1, 0.15) is 0 Å². The van der Waals surface area contributed by atoms with Crippen molar-refractivity contribution in [1.82, 2.24) is 19.7 Å². The van der Waals surface area contributed by atoms with Crippen LogP contribution in [0.25, 0.3) is 15.3 Å². The maximum absolute atomic E-state index is 12.0.